The summed E-state index contributed by atoms with van der Waals surface area (Å²) in [4.78, 5) is 8.88. The minimum absolute atomic E-state index is 0.0274. The molecular weight excluding hydrogens is 328 g/mol. The van der Waals surface area contributed by atoms with E-state index in [1.165, 1.54) is 12.4 Å². The topological polar surface area (TPSA) is 98.3 Å². The van der Waals surface area contributed by atoms with Gasteiger partial charge >= 0.3 is 0 Å². The maximum atomic E-state index is 12.5. The molecule has 1 aliphatic heterocycles. The van der Waals surface area contributed by atoms with Crippen molar-refractivity contribution >= 4 is 32.7 Å². The molecule has 1 saturated heterocycles. The Morgan fingerprint density at radius 2 is 2.36 bits per heavy atom. The number of likely N-dealkylation sites (tertiary alicyclic amines) is 1. The van der Waals surface area contributed by atoms with E-state index in [1.807, 2.05) is 11.9 Å². The van der Waals surface area contributed by atoms with Crippen LogP contribution in [0.15, 0.2) is 23.4 Å². The van der Waals surface area contributed by atoms with Gasteiger partial charge in [-0.15, -0.1) is 0 Å². The smallest absolute Gasteiger partial charge is 0.242 e. The van der Waals surface area contributed by atoms with Crippen molar-refractivity contribution in [3.8, 4) is 0 Å². The first-order valence-corrected chi connectivity index (χ1v) is 8.68. The fourth-order valence-electron chi connectivity index (χ4n) is 2.69. The van der Waals surface area contributed by atoms with Crippen molar-refractivity contribution in [2.24, 2.45) is 0 Å². The Morgan fingerprint density at radius 3 is 3.05 bits per heavy atom. The number of β-amino-alcohol motifs (C(OH)–C–C–N with tert-alkyl or cyclic N) is 1. The zero-order valence-corrected chi connectivity index (χ0v) is 13.6. The summed E-state index contributed by atoms with van der Waals surface area (Å²) in [5.41, 5.74) is -0.590. The molecule has 1 fully saturated rings. The average Bonchev–Trinajstić information content (AvgIpc) is 3.01. The van der Waals surface area contributed by atoms with E-state index in [2.05, 4.69) is 14.7 Å². The second kappa shape index (κ2) is 5.47. The van der Waals surface area contributed by atoms with Gasteiger partial charge in [-0.3, -0.25) is 0 Å². The number of nitrogens with one attached hydrogen (secondary N) is 2. The molecule has 0 radical (unpaired) electrons. The van der Waals surface area contributed by atoms with Gasteiger partial charge in [0.1, 0.15) is 10.5 Å². The quantitative estimate of drug-likeness (QED) is 0.753. The van der Waals surface area contributed by atoms with Gasteiger partial charge < -0.3 is 15.0 Å². The predicted molar refractivity (Wildman–Crippen MR) is 83.4 cm³/mol. The number of sulfonamides is 1. The maximum absolute atomic E-state index is 12.5. The standard InChI is InChI=1S/C13H17ClN4O3S/c1-18-3-2-13(19,8-18)7-17-22(20,21)11-6-16-12-10(11)4-9(14)5-15-12/h4-6,17,19H,2-3,7-8H2,1H3,(H,15,16). The molecule has 1 atom stereocenters. The number of aromatic nitrogens is 2. The minimum atomic E-state index is -3.76. The van der Waals surface area contributed by atoms with Crippen molar-refractivity contribution < 1.29 is 13.5 Å². The Labute approximate surface area is 133 Å². The molecule has 0 saturated carbocycles. The van der Waals surface area contributed by atoms with Gasteiger partial charge in [-0.05, 0) is 19.5 Å². The number of nitrogens with zero attached hydrogens (tertiary/aromatic N) is 2. The van der Waals surface area contributed by atoms with Crippen LogP contribution in [0, 0.1) is 0 Å². The molecule has 1 unspecified atom stereocenters. The van der Waals surface area contributed by atoms with Gasteiger partial charge in [0.05, 0.1) is 10.6 Å². The Bertz CT molecular complexity index is 807. The van der Waals surface area contributed by atoms with Crippen molar-refractivity contribution in [3.05, 3.63) is 23.5 Å². The number of rotatable bonds is 4. The van der Waals surface area contributed by atoms with E-state index in [4.69, 9.17) is 11.6 Å². The van der Waals surface area contributed by atoms with E-state index >= 15 is 0 Å². The number of hydrogen-bond donors (Lipinski definition) is 3. The largest absolute Gasteiger partial charge is 0.387 e. The van der Waals surface area contributed by atoms with Crippen LogP contribution >= 0.6 is 11.6 Å². The number of halogens is 1. The van der Waals surface area contributed by atoms with Crippen LogP contribution in [0.25, 0.3) is 11.0 Å². The molecule has 22 heavy (non-hydrogen) atoms. The fraction of sp³-hybridized carbons (Fsp3) is 0.462. The lowest BCUT2D eigenvalue weighted by atomic mass is 10.0. The average molecular weight is 345 g/mol. The van der Waals surface area contributed by atoms with Crippen LogP contribution < -0.4 is 4.72 Å². The summed E-state index contributed by atoms with van der Waals surface area (Å²) in [5.74, 6) is 0. The van der Waals surface area contributed by atoms with E-state index in [1.54, 1.807) is 6.07 Å². The van der Waals surface area contributed by atoms with Crippen LogP contribution in [-0.4, -0.2) is 60.7 Å². The molecule has 7 nitrogen and oxygen atoms in total. The molecular formula is C13H17ClN4O3S. The van der Waals surface area contributed by atoms with Gasteiger partial charge in [0.2, 0.25) is 10.0 Å². The van der Waals surface area contributed by atoms with Crippen LogP contribution in [0.3, 0.4) is 0 Å². The number of pyridine rings is 1. The zero-order chi connectivity index (χ0) is 16.0. The first kappa shape index (κ1) is 15.7. The van der Waals surface area contributed by atoms with Crippen molar-refractivity contribution in [3.63, 3.8) is 0 Å². The Morgan fingerprint density at radius 1 is 1.59 bits per heavy atom. The minimum Gasteiger partial charge on any atom is -0.387 e. The van der Waals surface area contributed by atoms with Gasteiger partial charge in [0, 0.05) is 37.4 Å². The molecule has 0 spiro atoms. The highest BCUT2D eigenvalue weighted by Crippen LogP contribution is 2.25. The first-order valence-electron chi connectivity index (χ1n) is 6.82. The molecule has 0 bridgehead atoms. The highest BCUT2D eigenvalue weighted by atomic mass is 35.5. The number of H-pyrrole nitrogens is 1. The molecule has 1 aliphatic rings. The summed E-state index contributed by atoms with van der Waals surface area (Å²) in [5, 5.41) is 11.2. The summed E-state index contributed by atoms with van der Waals surface area (Å²) < 4.78 is 27.4. The molecule has 120 valence electrons. The third-order valence-electron chi connectivity index (χ3n) is 3.86. The van der Waals surface area contributed by atoms with Crippen molar-refractivity contribution in [2.45, 2.75) is 16.9 Å². The van der Waals surface area contributed by atoms with Crippen molar-refractivity contribution in [2.75, 3.05) is 26.7 Å². The highest BCUT2D eigenvalue weighted by Gasteiger charge is 2.35. The van der Waals surface area contributed by atoms with E-state index < -0.39 is 15.6 Å². The zero-order valence-electron chi connectivity index (χ0n) is 12.0. The number of aliphatic hydroxyl groups is 1. The summed E-state index contributed by atoms with van der Waals surface area (Å²) in [6.07, 6.45) is 3.36. The van der Waals surface area contributed by atoms with Crippen LogP contribution in [0.4, 0.5) is 0 Å². The molecule has 9 heteroatoms. The summed E-state index contributed by atoms with van der Waals surface area (Å²) in [6.45, 7) is 1.15. The Balaban J connectivity index is 1.84. The van der Waals surface area contributed by atoms with Gasteiger partial charge in [-0.2, -0.15) is 0 Å². The second-order valence-corrected chi connectivity index (χ2v) is 7.91. The molecule has 0 amide bonds. The van der Waals surface area contributed by atoms with Crippen molar-refractivity contribution in [1.29, 1.82) is 0 Å². The van der Waals surface area contributed by atoms with Gasteiger partial charge in [-0.25, -0.2) is 18.1 Å². The summed E-state index contributed by atoms with van der Waals surface area (Å²) in [6, 6.07) is 1.55. The lowest BCUT2D eigenvalue weighted by Crippen LogP contribution is -2.44. The van der Waals surface area contributed by atoms with E-state index in [-0.39, 0.29) is 11.4 Å². The number of likely N-dealkylation sites (N-methyl/N-ethyl adjacent to an activating group) is 1. The SMILES string of the molecule is CN1CCC(O)(CNS(=O)(=O)c2c[nH]c3ncc(Cl)cc23)C1. The van der Waals surface area contributed by atoms with Crippen LogP contribution in [0.5, 0.6) is 0 Å². The third-order valence-corrected chi connectivity index (χ3v) is 5.51. The first-order chi connectivity index (χ1) is 10.3. The van der Waals surface area contributed by atoms with Gasteiger partial charge in [-0.1, -0.05) is 11.6 Å². The lowest BCUT2D eigenvalue weighted by molar-refractivity contribution is 0.0572. The number of aromatic amines is 1. The Kier molecular flexibility index (Phi) is 3.90. The van der Waals surface area contributed by atoms with Crippen LogP contribution in [0.1, 0.15) is 6.42 Å². The third kappa shape index (κ3) is 2.97. The Hall–Kier alpha value is -1.19. The fourth-order valence-corrected chi connectivity index (χ4v) is 4.12. The molecule has 0 aromatic carbocycles. The number of fused-ring (bicyclic) bond motifs is 1. The molecule has 3 rings (SSSR count). The molecule has 0 aliphatic carbocycles. The van der Waals surface area contributed by atoms with Gasteiger partial charge in [0.15, 0.2) is 0 Å². The molecule has 2 aromatic heterocycles. The molecule has 3 N–H and O–H groups in total. The molecule has 2 aromatic rings. The predicted octanol–water partition coefficient (Wildman–Crippen LogP) is 0.561. The van der Waals surface area contributed by atoms with Crippen LogP contribution in [-0.2, 0) is 10.0 Å². The van der Waals surface area contributed by atoms with E-state index in [0.29, 0.717) is 29.0 Å². The maximum Gasteiger partial charge on any atom is 0.242 e. The van der Waals surface area contributed by atoms with Crippen molar-refractivity contribution in [1.82, 2.24) is 19.6 Å². The second-order valence-electron chi connectivity index (χ2n) is 5.74. The van der Waals surface area contributed by atoms with Gasteiger partial charge in [0.25, 0.3) is 0 Å². The summed E-state index contributed by atoms with van der Waals surface area (Å²) in [7, 11) is -1.87. The molecule has 3 heterocycles. The normalized spacial score (nSPS) is 23.4. The highest BCUT2D eigenvalue weighted by molar-refractivity contribution is 7.89. The lowest BCUT2D eigenvalue weighted by Gasteiger charge is -2.22. The number of hydrogen-bond acceptors (Lipinski definition) is 5. The summed E-state index contributed by atoms with van der Waals surface area (Å²) >= 11 is 5.88. The van der Waals surface area contributed by atoms with E-state index in [9.17, 15) is 13.5 Å². The van der Waals surface area contributed by atoms with E-state index in [0.717, 1.165) is 6.54 Å². The van der Waals surface area contributed by atoms with Crippen LogP contribution in [0.2, 0.25) is 5.02 Å². The monoisotopic (exact) mass is 344 g/mol.